The number of amides is 1. The van der Waals surface area contributed by atoms with E-state index in [0.29, 0.717) is 17.5 Å². The Morgan fingerprint density at radius 3 is 2.96 bits per heavy atom. The van der Waals surface area contributed by atoms with Crippen molar-refractivity contribution < 1.29 is 14.1 Å². The fourth-order valence-corrected chi connectivity index (χ4v) is 2.81. The van der Waals surface area contributed by atoms with Crippen molar-refractivity contribution in [2.75, 3.05) is 6.61 Å². The van der Waals surface area contributed by atoms with Gasteiger partial charge in [-0.25, -0.2) is 0 Å². The lowest BCUT2D eigenvalue weighted by Crippen LogP contribution is -2.28. The zero-order valence-electron chi connectivity index (χ0n) is 13.4. The maximum Gasteiger partial charge on any atom is 0.258 e. The fraction of sp³-hybridized carbons (Fsp3) is 0.235. The number of nitrogens with one attached hydrogen (secondary N) is 1. The van der Waals surface area contributed by atoms with Gasteiger partial charge in [0.1, 0.15) is 5.75 Å². The van der Waals surface area contributed by atoms with E-state index in [1.807, 2.05) is 49.6 Å². The molecule has 0 saturated heterocycles. The number of hydrogen-bond donors (Lipinski definition) is 1. The summed E-state index contributed by atoms with van der Waals surface area (Å²) in [6.07, 6.45) is 0. The molecule has 0 saturated carbocycles. The first-order valence-electron chi connectivity index (χ1n) is 7.45. The third-order valence-electron chi connectivity index (χ3n) is 3.34. The summed E-state index contributed by atoms with van der Waals surface area (Å²) in [5, 5.41) is 8.54. The van der Waals surface area contributed by atoms with E-state index in [1.165, 1.54) is 11.3 Å². The Labute approximate surface area is 143 Å². The standard InChI is InChI=1S/C17H17N3O3S/c1-11-5-6-13(12(2)8-11)22-10-15(21)18-9-16-19-17(20-23-16)14-4-3-7-24-14/h3-8H,9-10H2,1-2H3,(H,18,21). The van der Waals surface area contributed by atoms with Crippen LogP contribution in [0.5, 0.6) is 5.75 Å². The zero-order valence-corrected chi connectivity index (χ0v) is 14.2. The first-order chi connectivity index (χ1) is 11.6. The second kappa shape index (κ2) is 7.27. The molecule has 1 amide bonds. The quantitative estimate of drug-likeness (QED) is 0.744. The van der Waals surface area contributed by atoms with E-state index in [4.69, 9.17) is 9.26 Å². The Kier molecular flexibility index (Phi) is 4.90. The van der Waals surface area contributed by atoms with Gasteiger partial charge in [0, 0.05) is 0 Å². The predicted octanol–water partition coefficient (Wildman–Crippen LogP) is 3.11. The van der Waals surface area contributed by atoms with Crippen molar-refractivity contribution in [3.8, 4) is 16.5 Å². The number of aromatic nitrogens is 2. The van der Waals surface area contributed by atoms with Crippen LogP contribution in [0.1, 0.15) is 17.0 Å². The molecule has 3 rings (SSSR count). The van der Waals surface area contributed by atoms with Gasteiger partial charge in [0.15, 0.2) is 6.61 Å². The van der Waals surface area contributed by atoms with Crippen molar-refractivity contribution >= 4 is 17.2 Å². The predicted molar refractivity (Wildman–Crippen MR) is 90.9 cm³/mol. The topological polar surface area (TPSA) is 77.2 Å². The van der Waals surface area contributed by atoms with Gasteiger partial charge in [0.25, 0.3) is 5.91 Å². The lowest BCUT2D eigenvalue weighted by molar-refractivity contribution is -0.123. The molecule has 6 nitrogen and oxygen atoms in total. The third kappa shape index (κ3) is 3.99. The van der Waals surface area contributed by atoms with Crippen molar-refractivity contribution in [2.45, 2.75) is 20.4 Å². The van der Waals surface area contributed by atoms with Crippen LogP contribution in [0.25, 0.3) is 10.7 Å². The van der Waals surface area contributed by atoms with Gasteiger partial charge >= 0.3 is 0 Å². The van der Waals surface area contributed by atoms with Gasteiger partial charge in [-0.05, 0) is 36.9 Å². The Bertz CT molecular complexity index is 827. The lowest BCUT2D eigenvalue weighted by Gasteiger charge is -2.09. The summed E-state index contributed by atoms with van der Waals surface area (Å²) in [6.45, 7) is 4.08. The highest BCUT2D eigenvalue weighted by Crippen LogP contribution is 2.21. The number of aryl methyl sites for hydroxylation is 2. The van der Waals surface area contributed by atoms with E-state index in [1.54, 1.807) is 0 Å². The van der Waals surface area contributed by atoms with Crippen molar-refractivity contribution in [1.82, 2.24) is 15.5 Å². The largest absolute Gasteiger partial charge is 0.484 e. The van der Waals surface area contributed by atoms with Crippen LogP contribution in [0.15, 0.2) is 40.2 Å². The number of thiophene rings is 1. The lowest BCUT2D eigenvalue weighted by atomic mass is 10.1. The van der Waals surface area contributed by atoms with E-state index in [-0.39, 0.29) is 19.1 Å². The number of benzene rings is 1. The highest BCUT2D eigenvalue weighted by atomic mass is 32.1. The molecule has 0 aliphatic rings. The summed E-state index contributed by atoms with van der Waals surface area (Å²) in [6, 6.07) is 9.66. The van der Waals surface area contributed by atoms with Crippen LogP contribution in [0.2, 0.25) is 0 Å². The summed E-state index contributed by atoms with van der Waals surface area (Å²) in [5.74, 6) is 1.35. The monoisotopic (exact) mass is 343 g/mol. The minimum atomic E-state index is -0.245. The molecule has 0 fully saturated rings. The van der Waals surface area contributed by atoms with E-state index in [9.17, 15) is 4.79 Å². The van der Waals surface area contributed by atoms with Crippen LogP contribution in [0.3, 0.4) is 0 Å². The smallest absolute Gasteiger partial charge is 0.258 e. The van der Waals surface area contributed by atoms with Gasteiger partial charge < -0.3 is 14.6 Å². The first kappa shape index (κ1) is 16.2. The number of ether oxygens (including phenoxy) is 1. The highest BCUT2D eigenvalue weighted by molar-refractivity contribution is 7.13. The van der Waals surface area contributed by atoms with Crippen LogP contribution < -0.4 is 10.1 Å². The molecule has 1 aromatic carbocycles. The van der Waals surface area contributed by atoms with Crippen molar-refractivity contribution in [1.29, 1.82) is 0 Å². The number of carbonyl (C=O) groups excluding carboxylic acids is 1. The van der Waals surface area contributed by atoms with Gasteiger partial charge in [-0.3, -0.25) is 4.79 Å². The first-order valence-corrected chi connectivity index (χ1v) is 8.33. The SMILES string of the molecule is Cc1ccc(OCC(=O)NCc2nc(-c3cccs3)no2)c(C)c1. The summed E-state index contributed by atoms with van der Waals surface area (Å²) >= 11 is 1.53. The molecule has 2 aromatic heterocycles. The van der Waals surface area contributed by atoms with E-state index < -0.39 is 0 Å². The van der Waals surface area contributed by atoms with Gasteiger partial charge in [0.05, 0.1) is 11.4 Å². The number of nitrogens with zero attached hydrogens (tertiary/aromatic N) is 2. The molecule has 0 aliphatic heterocycles. The van der Waals surface area contributed by atoms with Crippen LogP contribution in [0, 0.1) is 13.8 Å². The van der Waals surface area contributed by atoms with Crippen LogP contribution in [0.4, 0.5) is 0 Å². The molecule has 2 heterocycles. The molecule has 0 radical (unpaired) electrons. The number of carbonyl (C=O) groups is 1. The molecule has 0 spiro atoms. The van der Waals surface area contributed by atoms with E-state index in [0.717, 1.165) is 16.0 Å². The van der Waals surface area contributed by atoms with Gasteiger partial charge in [0.2, 0.25) is 11.7 Å². The molecule has 0 aliphatic carbocycles. The Hall–Kier alpha value is -2.67. The Morgan fingerprint density at radius 2 is 2.21 bits per heavy atom. The Balaban J connectivity index is 1.49. The third-order valence-corrected chi connectivity index (χ3v) is 4.20. The molecule has 7 heteroatoms. The van der Waals surface area contributed by atoms with E-state index >= 15 is 0 Å². The average molecular weight is 343 g/mol. The number of hydrogen-bond acceptors (Lipinski definition) is 6. The molecule has 24 heavy (non-hydrogen) atoms. The summed E-state index contributed by atoms with van der Waals surface area (Å²) in [5.41, 5.74) is 2.16. The average Bonchev–Trinajstić information content (AvgIpc) is 3.23. The maximum atomic E-state index is 11.9. The number of rotatable bonds is 6. The fourth-order valence-electron chi connectivity index (χ4n) is 2.16. The van der Waals surface area contributed by atoms with Crippen molar-refractivity contribution in [3.05, 3.63) is 52.7 Å². The Morgan fingerprint density at radius 1 is 1.33 bits per heavy atom. The molecule has 3 aromatic rings. The molecular weight excluding hydrogens is 326 g/mol. The maximum absolute atomic E-state index is 11.9. The second-order valence-electron chi connectivity index (χ2n) is 5.32. The minimum Gasteiger partial charge on any atom is -0.484 e. The van der Waals surface area contributed by atoms with Crippen LogP contribution in [-0.2, 0) is 11.3 Å². The van der Waals surface area contributed by atoms with Gasteiger partial charge in [-0.1, -0.05) is 28.9 Å². The molecule has 1 N–H and O–H groups in total. The highest BCUT2D eigenvalue weighted by Gasteiger charge is 2.11. The summed E-state index contributed by atoms with van der Waals surface area (Å²) < 4.78 is 10.7. The molecule has 0 bridgehead atoms. The molecule has 0 unspecified atom stereocenters. The van der Waals surface area contributed by atoms with Crippen molar-refractivity contribution in [2.24, 2.45) is 0 Å². The molecule has 0 atom stereocenters. The minimum absolute atomic E-state index is 0.0597. The van der Waals surface area contributed by atoms with Crippen molar-refractivity contribution in [3.63, 3.8) is 0 Å². The van der Waals surface area contributed by atoms with Gasteiger partial charge in [-0.2, -0.15) is 4.98 Å². The van der Waals surface area contributed by atoms with Crippen LogP contribution in [-0.4, -0.2) is 22.7 Å². The molecular formula is C17H17N3O3S. The van der Waals surface area contributed by atoms with E-state index in [2.05, 4.69) is 15.5 Å². The van der Waals surface area contributed by atoms with Crippen LogP contribution >= 0.6 is 11.3 Å². The second-order valence-corrected chi connectivity index (χ2v) is 6.27. The summed E-state index contributed by atoms with van der Waals surface area (Å²) in [4.78, 5) is 17.0. The van der Waals surface area contributed by atoms with Gasteiger partial charge in [-0.15, -0.1) is 11.3 Å². The zero-order chi connectivity index (χ0) is 16.9. The normalized spacial score (nSPS) is 10.6. The molecule has 124 valence electrons. The summed E-state index contributed by atoms with van der Waals surface area (Å²) in [7, 11) is 0.